The van der Waals surface area contributed by atoms with Crippen molar-refractivity contribution >= 4 is 22.5 Å². The van der Waals surface area contributed by atoms with E-state index in [4.69, 9.17) is 13.6 Å². The summed E-state index contributed by atoms with van der Waals surface area (Å²) in [7, 11) is -4.26. The molecule has 160 valence electrons. The van der Waals surface area contributed by atoms with Crippen molar-refractivity contribution in [3.63, 3.8) is 0 Å². The highest BCUT2D eigenvalue weighted by atomic mass is 28.4. The van der Waals surface area contributed by atoms with Gasteiger partial charge in [-0.2, -0.15) is 0 Å². The number of hydrogen-bond donors (Lipinski definition) is 2. The molecule has 8 heteroatoms. The van der Waals surface area contributed by atoms with Crippen LogP contribution in [0.5, 0.6) is 0 Å². The number of rotatable bonds is 6. The zero-order chi connectivity index (χ0) is 21.4. The molecule has 1 fully saturated rings. The fourth-order valence-electron chi connectivity index (χ4n) is 2.49. The first-order valence-corrected chi connectivity index (χ1v) is 15.6. The third-order valence-corrected chi connectivity index (χ3v) is 15.2. The number of hydrogen-bond acceptors (Lipinski definition) is 5. The fourth-order valence-corrected chi connectivity index (χ4v) is 4.96. The number of amides is 1. The van der Waals surface area contributed by atoms with Gasteiger partial charge in [-0.3, -0.25) is 4.79 Å². The number of ether oxygens (including phenoxy) is 1. The van der Waals surface area contributed by atoms with Crippen LogP contribution in [-0.2, 0) is 18.4 Å². The number of carbonyl (C=O) groups excluding carboxylic acids is 1. The van der Waals surface area contributed by atoms with Gasteiger partial charge < -0.3 is 24.0 Å². The van der Waals surface area contributed by atoms with E-state index in [0.29, 0.717) is 0 Å². The number of carbonyl (C=O) groups is 1. The van der Waals surface area contributed by atoms with Crippen LogP contribution >= 0.6 is 0 Å². The maximum absolute atomic E-state index is 11.9. The predicted octanol–water partition coefficient (Wildman–Crippen LogP) is 3.62. The van der Waals surface area contributed by atoms with Gasteiger partial charge >= 0.3 is 0 Å². The zero-order valence-corrected chi connectivity index (χ0v) is 21.1. The Morgan fingerprint density at radius 3 is 1.81 bits per heavy atom. The van der Waals surface area contributed by atoms with Crippen LogP contribution in [0.4, 0.5) is 0 Å². The van der Waals surface area contributed by atoms with E-state index in [1.165, 1.54) is 6.92 Å². The van der Waals surface area contributed by atoms with Crippen LogP contribution in [-0.4, -0.2) is 58.8 Å². The SMILES string of the molecule is CC(=O)NC1C(O[Si](C)(C)C(C)(C)C)O[C@H](CO)[C@@H]1O[Si](C)(C)C(C)(C)C. The second-order valence-electron chi connectivity index (χ2n) is 10.7. The number of aliphatic hydroxyl groups excluding tert-OH is 1. The van der Waals surface area contributed by atoms with Crippen LogP contribution in [0.3, 0.4) is 0 Å². The summed E-state index contributed by atoms with van der Waals surface area (Å²) >= 11 is 0. The van der Waals surface area contributed by atoms with E-state index in [0.717, 1.165) is 0 Å². The molecule has 2 unspecified atom stereocenters. The standard InChI is InChI=1S/C19H41NO5Si2/c1-13(22)20-15-16(24-26(8,9)18(2,3)4)14(12-21)23-17(15)25-27(10,11)19(5,6)7/h14-17,21H,12H2,1-11H3,(H,20,22)/t14-,15?,16+,17?/m1/s1. The topological polar surface area (TPSA) is 77.0 Å². The average Bonchev–Trinajstić information content (AvgIpc) is 2.72. The van der Waals surface area contributed by atoms with Gasteiger partial charge in [0, 0.05) is 6.92 Å². The third kappa shape index (κ3) is 5.87. The summed E-state index contributed by atoms with van der Waals surface area (Å²) < 4.78 is 19.1. The highest BCUT2D eigenvalue weighted by Gasteiger charge is 2.53. The van der Waals surface area contributed by atoms with E-state index < -0.39 is 41.2 Å². The molecule has 0 aromatic heterocycles. The summed E-state index contributed by atoms with van der Waals surface area (Å²) in [5.74, 6) is -0.158. The Labute approximate surface area is 167 Å². The molecule has 1 aliphatic heterocycles. The Morgan fingerprint density at radius 1 is 1.00 bits per heavy atom. The molecule has 27 heavy (non-hydrogen) atoms. The van der Waals surface area contributed by atoms with Crippen molar-refractivity contribution < 1.29 is 23.5 Å². The van der Waals surface area contributed by atoms with Gasteiger partial charge in [-0.1, -0.05) is 41.5 Å². The van der Waals surface area contributed by atoms with Crippen LogP contribution in [0.2, 0.25) is 36.3 Å². The molecule has 0 aromatic rings. The van der Waals surface area contributed by atoms with E-state index in [2.05, 4.69) is 73.0 Å². The number of nitrogens with one attached hydrogen (secondary N) is 1. The van der Waals surface area contributed by atoms with Crippen molar-refractivity contribution in [1.29, 1.82) is 0 Å². The minimum absolute atomic E-state index is 0.00419. The zero-order valence-electron chi connectivity index (χ0n) is 19.1. The van der Waals surface area contributed by atoms with Crippen LogP contribution in [0, 0.1) is 0 Å². The largest absolute Gasteiger partial charge is 0.409 e. The second-order valence-corrected chi connectivity index (χ2v) is 20.2. The highest BCUT2D eigenvalue weighted by molar-refractivity contribution is 6.74. The first-order chi connectivity index (χ1) is 11.9. The minimum Gasteiger partial charge on any atom is -0.409 e. The van der Waals surface area contributed by atoms with E-state index in [9.17, 15) is 9.90 Å². The van der Waals surface area contributed by atoms with Crippen molar-refractivity contribution in [2.45, 2.75) is 109 Å². The Hall–Kier alpha value is -0.256. The molecule has 2 N–H and O–H groups in total. The maximum Gasteiger partial charge on any atom is 0.217 e. The summed E-state index contributed by atoms with van der Waals surface area (Å²) in [6.45, 7) is 22.9. The van der Waals surface area contributed by atoms with Crippen molar-refractivity contribution in [1.82, 2.24) is 5.32 Å². The van der Waals surface area contributed by atoms with E-state index in [1.54, 1.807) is 0 Å². The maximum atomic E-state index is 11.9. The normalized spacial score (nSPS) is 27.7. The van der Waals surface area contributed by atoms with E-state index in [1.807, 2.05) is 0 Å². The molecule has 4 atom stereocenters. The van der Waals surface area contributed by atoms with Gasteiger partial charge in [-0.05, 0) is 36.3 Å². The van der Waals surface area contributed by atoms with E-state index in [-0.39, 0.29) is 22.6 Å². The van der Waals surface area contributed by atoms with Gasteiger partial charge in [0.1, 0.15) is 12.1 Å². The van der Waals surface area contributed by atoms with E-state index >= 15 is 0 Å². The Bertz CT molecular complexity index is 525. The molecule has 0 saturated carbocycles. The van der Waals surface area contributed by atoms with Gasteiger partial charge in [-0.15, -0.1) is 0 Å². The van der Waals surface area contributed by atoms with Gasteiger partial charge in [0.15, 0.2) is 22.9 Å². The smallest absolute Gasteiger partial charge is 0.217 e. The molecule has 1 aliphatic rings. The minimum atomic E-state index is -2.13. The first kappa shape index (κ1) is 24.8. The first-order valence-electron chi connectivity index (χ1n) is 9.82. The summed E-state index contributed by atoms with van der Waals surface area (Å²) in [5, 5.41) is 12.9. The second kappa shape index (κ2) is 8.24. The Balaban J connectivity index is 3.19. The summed E-state index contributed by atoms with van der Waals surface area (Å²) in [5.41, 5.74) is 0. The highest BCUT2D eigenvalue weighted by Crippen LogP contribution is 2.42. The Morgan fingerprint density at radius 2 is 1.44 bits per heavy atom. The molecule has 0 aliphatic carbocycles. The molecule has 1 rings (SSSR count). The van der Waals surface area contributed by atoms with Gasteiger partial charge in [0.25, 0.3) is 0 Å². The van der Waals surface area contributed by atoms with Crippen LogP contribution in [0.1, 0.15) is 48.5 Å². The molecule has 1 amide bonds. The quantitative estimate of drug-likeness (QED) is 0.643. The van der Waals surface area contributed by atoms with Crippen molar-refractivity contribution in [2.24, 2.45) is 0 Å². The molecule has 0 spiro atoms. The van der Waals surface area contributed by atoms with Crippen LogP contribution < -0.4 is 5.32 Å². The lowest BCUT2D eigenvalue weighted by molar-refractivity contribution is -0.124. The third-order valence-electron chi connectivity index (χ3n) is 6.33. The molecular formula is C19H41NO5Si2. The molecule has 0 bridgehead atoms. The van der Waals surface area contributed by atoms with Gasteiger partial charge in [0.05, 0.1) is 12.7 Å². The molecule has 1 saturated heterocycles. The van der Waals surface area contributed by atoms with Crippen molar-refractivity contribution in [3.05, 3.63) is 0 Å². The molecule has 1 heterocycles. The number of aliphatic hydroxyl groups is 1. The summed E-state index contributed by atoms with van der Waals surface area (Å²) in [6.07, 6.45) is -1.58. The lowest BCUT2D eigenvalue weighted by Crippen LogP contribution is -2.56. The molecule has 0 aromatic carbocycles. The average molecular weight is 420 g/mol. The predicted molar refractivity (Wildman–Crippen MR) is 114 cm³/mol. The Kier molecular flexibility index (Phi) is 7.56. The lowest BCUT2D eigenvalue weighted by Gasteiger charge is -2.41. The van der Waals surface area contributed by atoms with Gasteiger partial charge in [0.2, 0.25) is 5.91 Å². The van der Waals surface area contributed by atoms with Crippen molar-refractivity contribution in [2.75, 3.05) is 6.61 Å². The molecule has 6 nitrogen and oxygen atoms in total. The van der Waals surface area contributed by atoms with Crippen molar-refractivity contribution in [3.8, 4) is 0 Å². The monoisotopic (exact) mass is 419 g/mol. The molecule has 0 radical (unpaired) electrons. The van der Waals surface area contributed by atoms with Crippen LogP contribution in [0.25, 0.3) is 0 Å². The lowest BCUT2D eigenvalue weighted by atomic mass is 10.1. The van der Waals surface area contributed by atoms with Gasteiger partial charge in [-0.25, -0.2) is 0 Å². The fraction of sp³-hybridized carbons (Fsp3) is 0.947. The molecular weight excluding hydrogens is 378 g/mol. The van der Waals surface area contributed by atoms with Crippen LogP contribution in [0.15, 0.2) is 0 Å². The summed E-state index contributed by atoms with van der Waals surface area (Å²) in [6, 6.07) is -0.442. The summed E-state index contributed by atoms with van der Waals surface area (Å²) in [4.78, 5) is 11.9.